The van der Waals surface area contributed by atoms with Crippen LogP contribution >= 0.6 is 0 Å². The van der Waals surface area contributed by atoms with Crippen LogP contribution in [-0.2, 0) is 20.8 Å². The standard InChI is InChI=1S/C32H33F3N6O6S/c1-19-24(17-37)26(23-11-10-20(16-36)14-25(23)48(5,46)47)40(28(43)39(19)22-9-6-8-21(15-22)32(33,34)35)27(42)31(12-7-13-38-18-31)41(29(44)45)30(2,3)4/h6,8-11,14-15,26,38H,7,12-13,18H2,1-5H3,(H,44,45)/t26-,31-/m1/s1. The van der Waals surface area contributed by atoms with Crippen molar-refractivity contribution in [2.45, 2.75) is 68.7 Å². The second-order valence-corrected chi connectivity index (χ2v) is 14.6. The van der Waals surface area contributed by atoms with Crippen LogP contribution in [0.5, 0.6) is 0 Å². The molecule has 0 spiro atoms. The Bertz CT molecular complexity index is 1900. The van der Waals surface area contributed by atoms with Gasteiger partial charge in [-0.15, -0.1) is 0 Å². The van der Waals surface area contributed by atoms with E-state index in [1.807, 2.05) is 12.1 Å². The number of hydrogen-bond donors (Lipinski definition) is 2. The number of nitriles is 2. The van der Waals surface area contributed by atoms with E-state index in [-0.39, 0.29) is 47.5 Å². The largest absolute Gasteiger partial charge is 0.465 e. The molecular weight excluding hydrogens is 653 g/mol. The summed E-state index contributed by atoms with van der Waals surface area (Å²) in [6.07, 6.45) is -5.29. The Hall–Kier alpha value is -4.93. The molecule has 1 saturated heterocycles. The van der Waals surface area contributed by atoms with E-state index in [1.165, 1.54) is 25.1 Å². The van der Waals surface area contributed by atoms with Crippen LogP contribution in [0.3, 0.4) is 0 Å². The first-order chi connectivity index (χ1) is 22.2. The minimum absolute atomic E-state index is 0.0817. The fourth-order valence-electron chi connectivity index (χ4n) is 6.42. The average Bonchev–Trinajstić information content (AvgIpc) is 2.99. The lowest BCUT2D eigenvalue weighted by atomic mass is 9.81. The third-order valence-electron chi connectivity index (χ3n) is 8.31. The molecule has 16 heteroatoms. The van der Waals surface area contributed by atoms with Gasteiger partial charge in [0.1, 0.15) is 11.6 Å². The number of carboxylic acid groups (broad SMARTS) is 1. The number of carbonyl (C=O) groups excluding carboxylic acids is 2. The van der Waals surface area contributed by atoms with Gasteiger partial charge in [-0.05, 0) is 83.0 Å². The normalized spacial score (nSPS) is 20.6. The van der Waals surface area contributed by atoms with E-state index in [0.717, 1.165) is 34.3 Å². The van der Waals surface area contributed by atoms with Crippen LogP contribution in [0.25, 0.3) is 0 Å². The number of rotatable bonds is 5. The second-order valence-electron chi connectivity index (χ2n) is 12.6. The fraction of sp³-hybridized carbons (Fsp3) is 0.406. The zero-order chi connectivity index (χ0) is 36.0. The van der Waals surface area contributed by atoms with Crippen molar-refractivity contribution in [3.8, 4) is 12.1 Å². The fourth-order valence-corrected chi connectivity index (χ4v) is 7.37. The first kappa shape index (κ1) is 35.9. The lowest BCUT2D eigenvalue weighted by molar-refractivity contribution is -0.147. The van der Waals surface area contributed by atoms with Crippen LogP contribution in [-0.4, -0.2) is 71.8 Å². The maximum absolute atomic E-state index is 15.1. The van der Waals surface area contributed by atoms with E-state index in [1.54, 1.807) is 20.8 Å². The van der Waals surface area contributed by atoms with Gasteiger partial charge >= 0.3 is 18.3 Å². The topological polar surface area (TPSA) is 175 Å². The number of urea groups is 1. The summed E-state index contributed by atoms with van der Waals surface area (Å²) in [7, 11) is -4.20. The number of piperidine rings is 1. The van der Waals surface area contributed by atoms with Gasteiger partial charge in [0.2, 0.25) is 0 Å². The summed E-state index contributed by atoms with van der Waals surface area (Å²) in [5.74, 6) is -1.12. The van der Waals surface area contributed by atoms with Crippen LogP contribution < -0.4 is 10.2 Å². The smallest absolute Gasteiger partial charge is 0.416 e. The number of sulfone groups is 1. The molecule has 2 aromatic carbocycles. The number of carbonyl (C=O) groups is 3. The van der Waals surface area contributed by atoms with E-state index >= 15 is 4.79 Å². The predicted octanol–water partition coefficient (Wildman–Crippen LogP) is 5.19. The second kappa shape index (κ2) is 12.6. The molecule has 4 amide bonds. The summed E-state index contributed by atoms with van der Waals surface area (Å²) in [5.41, 5.74) is -5.57. The van der Waals surface area contributed by atoms with Gasteiger partial charge in [-0.25, -0.2) is 22.9 Å². The zero-order valence-electron chi connectivity index (χ0n) is 26.7. The molecule has 0 aromatic heterocycles. The Morgan fingerprint density at radius 3 is 2.27 bits per heavy atom. The third kappa shape index (κ3) is 6.33. The molecule has 12 nitrogen and oxygen atoms in total. The van der Waals surface area contributed by atoms with Crippen LogP contribution in [0.15, 0.2) is 58.6 Å². The number of nitrogens with zero attached hydrogens (tertiary/aromatic N) is 5. The Kier molecular flexibility index (Phi) is 9.42. The first-order valence-corrected chi connectivity index (χ1v) is 16.5. The molecule has 1 fully saturated rings. The van der Waals surface area contributed by atoms with Crippen LogP contribution in [0.2, 0.25) is 0 Å². The average molecular weight is 687 g/mol. The molecule has 48 heavy (non-hydrogen) atoms. The number of imide groups is 1. The molecular formula is C32H33F3N6O6S. The number of allylic oxidation sites excluding steroid dienone is 1. The van der Waals surface area contributed by atoms with E-state index in [4.69, 9.17) is 0 Å². The number of nitrogens with one attached hydrogen (secondary N) is 1. The van der Waals surface area contributed by atoms with Gasteiger partial charge in [0, 0.05) is 24.0 Å². The van der Waals surface area contributed by atoms with Gasteiger partial charge in [-0.3, -0.25) is 14.6 Å². The first-order valence-electron chi connectivity index (χ1n) is 14.6. The van der Waals surface area contributed by atoms with Gasteiger partial charge in [0.05, 0.1) is 39.4 Å². The van der Waals surface area contributed by atoms with Gasteiger partial charge in [0.25, 0.3) is 5.91 Å². The highest BCUT2D eigenvalue weighted by atomic mass is 32.2. The highest BCUT2D eigenvalue weighted by molar-refractivity contribution is 7.90. The van der Waals surface area contributed by atoms with Crippen molar-refractivity contribution in [1.29, 1.82) is 10.5 Å². The molecule has 2 N–H and O–H groups in total. The van der Waals surface area contributed by atoms with Crippen molar-refractivity contribution < 1.29 is 41.1 Å². The molecule has 2 atom stereocenters. The van der Waals surface area contributed by atoms with Crippen molar-refractivity contribution >= 4 is 33.6 Å². The van der Waals surface area contributed by atoms with Crippen molar-refractivity contribution in [1.82, 2.24) is 15.1 Å². The molecule has 0 unspecified atom stereocenters. The summed E-state index contributed by atoms with van der Waals surface area (Å²) in [5, 5.41) is 33.5. The Morgan fingerprint density at radius 1 is 1.10 bits per heavy atom. The summed E-state index contributed by atoms with van der Waals surface area (Å²) >= 11 is 0. The number of halogens is 3. The SMILES string of the molecule is CC1=C(C#N)[C@@H](c2ccc(C#N)cc2S(C)(=O)=O)N(C(=O)[C@@]2(N(C(=O)O)C(C)(C)C)CCCNC2)C(=O)N1c1cccc(C(F)(F)F)c1. The van der Waals surface area contributed by atoms with Crippen LogP contribution in [0, 0.1) is 22.7 Å². The molecule has 2 aromatic rings. The maximum Gasteiger partial charge on any atom is 0.416 e. The summed E-state index contributed by atoms with van der Waals surface area (Å²) in [4.78, 5) is 44.5. The molecule has 0 saturated carbocycles. The minimum Gasteiger partial charge on any atom is -0.465 e. The molecule has 4 rings (SSSR count). The van der Waals surface area contributed by atoms with Crippen molar-refractivity contribution in [3.05, 3.63) is 70.4 Å². The molecule has 0 bridgehead atoms. The molecule has 2 aliphatic rings. The van der Waals surface area contributed by atoms with Gasteiger partial charge < -0.3 is 10.4 Å². The number of amides is 4. The van der Waals surface area contributed by atoms with E-state index in [2.05, 4.69) is 5.32 Å². The maximum atomic E-state index is 15.1. The Labute approximate surface area is 275 Å². The van der Waals surface area contributed by atoms with Crippen molar-refractivity contribution in [2.75, 3.05) is 24.2 Å². The molecule has 0 aliphatic carbocycles. The summed E-state index contributed by atoms with van der Waals surface area (Å²) in [6, 6.07) is 7.84. The van der Waals surface area contributed by atoms with E-state index < -0.39 is 61.6 Å². The Morgan fingerprint density at radius 2 is 1.77 bits per heavy atom. The third-order valence-corrected chi connectivity index (χ3v) is 9.46. The lowest BCUT2D eigenvalue weighted by Crippen LogP contribution is -2.72. The molecule has 2 heterocycles. The van der Waals surface area contributed by atoms with Crippen LogP contribution in [0.1, 0.15) is 63.3 Å². The number of anilines is 1. The number of alkyl halides is 3. The minimum atomic E-state index is -4.82. The van der Waals surface area contributed by atoms with Gasteiger partial charge in [-0.2, -0.15) is 23.7 Å². The van der Waals surface area contributed by atoms with E-state index in [9.17, 15) is 46.8 Å². The quantitative estimate of drug-likeness (QED) is 0.429. The monoisotopic (exact) mass is 686 g/mol. The van der Waals surface area contributed by atoms with E-state index in [0.29, 0.717) is 17.5 Å². The number of hydrogen-bond acceptors (Lipinski definition) is 8. The predicted molar refractivity (Wildman–Crippen MR) is 166 cm³/mol. The van der Waals surface area contributed by atoms with Crippen molar-refractivity contribution in [2.24, 2.45) is 0 Å². The lowest BCUT2D eigenvalue weighted by Gasteiger charge is -2.52. The summed E-state index contributed by atoms with van der Waals surface area (Å²) in [6.45, 7) is 6.03. The highest BCUT2D eigenvalue weighted by Gasteiger charge is 2.57. The number of benzene rings is 2. The highest BCUT2D eigenvalue weighted by Crippen LogP contribution is 2.45. The molecule has 2 aliphatic heterocycles. The van der Waals surface area contributed by atoms with Gasteiger partial charge in [-0.1, -0.05) is 12.1 Å². The molecule has 254 valence electrons. The Balaban J connectivity index is 2.13. The summed E-state index contributed by atoms with van der Waals surface area (Å²) < 4.78 is 67.5. The van der Waals surface area contributed by atoms with Crippen molar-refractivity contribution in [3.63, 3.8) is 0 Å². The molecule has 0 radical (unpaired) electrons. The van der Waals surface area contributed by atoms with Gasteiger partial charge in [0.15, 0.2) is 9.84 Å². The van der Waals surface area contributed by atoms with Crippen LogP contribution in [0.4, 0.5) is 28.4 Å². The zero-order valence-corrected chi connectivity index (χ0v) is 27.5.